The maximum Gasteiger partial charge on any atom is 0.0406 e. The maximum absolute atomic E-state index is 5.96. The second-order valence-corrected chi connectivity index (χ2v) is 7.46. The van der Waals surface area contributed by atoms with Crippen molar-refractivity contribution in [3.8, 4) is 22.3 Å². The Bertz CT molecular complexity index is 982. The van der Waals surface area contributed by atoms with E-state index < -0.39 is 0 Å². The SMILES string of the molecule is Clc1ccc(-c2ccc(/C=C/c3ccc(-c4ccc(Cl)cc4)cc3)cc2)cc1. The molecule has 0 aromatic heterocycles. The van der Waals surface area contributed by atoms with Gasteiger partial charge in [0.2, 0.25) is 0 Å². The van der Waals surface area contributed by atoms with Gasteiger partial charge in [-0.05, 0) is 57.6 Å². The van der Waals surface area contributed by atoms with Crippen molar-refractivity contribution in [1.82, 2.24) is 0 Å². The first-order valence-corrected chi connectivity index (χ1v) is 9.83. The molecule has 2 heteroatoms. The monoisotopic (exact) mass is 400 g/mol. The highest BCUT2D eigenvalue weighted by molar-refractivity contribution is 6.30. The summed E-state index contributed by atoms with van der Waals surface area (Å²) in [5, 5.41) is 1.51. The summed E-state index contributed by atoms with van der Waals surface area (Å²) in [5.74, 6) is 0. The van der Waals surface area contributed by atoms with Gasteiger partial charge in [-0.3, -0.25) is 0 Å². The third-order valence-electron chi connectivity index (χ3n) is 4.64. The van der Waals surface area contributed by atoms with E-state index in [-0.39, 0.29) is 0 Å². The smallest absolute Gasteiger partial charge is 0.0406 e. The van der Waals surface area contributed by atoms with E-state index in [1.165, 1.54) is 22.3 Å². The minimum absolute atomic E-state index is 0.755. The minimum Gasteiger partial charge on any atom is -0.0843 e. The van der Waals surface area contributed by atoms with Crippen LogP contribution in [-0.4, -0.2) is 0 Å². The predicted octanol–water partition coefficient (Wildman–Crippen LogP) is 8.50. The Morgan fingerprint density at radius 1 is 0.357 bits per heavy atom. The van der Waals surface area contributed by atoms with Gasteiger partial charge in [-0.1, -0.05) is 108 Å². The highest BCUT2D eigenvalue weighted by Crippen LogP contribution is 2.24. The van der Waals surface area contributed by atoms with E-state index in [2.05, 4.69) is 60.7 Å². The van der Waals surface area contributed by atoms with Gasteiger partial charge in [-0.25, -0.2) is 0 Å². The van der Waals surface area contributed by atoms with Crippen LogP contribution in [0.5, 0.6) is 0 Å². The van der Waals surface area contributed by atoms with Gasteiger partial charge in [0.05, 0.1) is 0 Å². The first-order valence-electron chi connectivity index (χ1n) is 9.07. The van der Waals surface area contributed by atoms with Gasteiger partial charge in [0.15, 0.2) is 0 Å². The lowest BCUT2D eigenvalue weighted by Crippen LogP contribution is -1.79. The molecular weight excluding hydrogens is 383 g/mol. The summed E-state index contributed by atoms with van der Waals surface area (Å²) in [6, 6.07) is 32.8. The van der Waals surface area contributed by atoms with Gasteiger partial charge in [0, 0.05) is 10.0 Å². The number of hydrogen-bond donors (Lipinski definition) is 0. The molecule has 0 aliphatic heterocycles. The quantitative estimate of drug-likeness (QED) is 0.301. The summed E-state index contributed by atoms with van der Waals surface area (Å²) < 4.78 is 0. The zero-order valence-corrected chi connectivity index (χ0v) is 16.7. The summed E-state index contributed by atoms with van der Waals surface area (Å²) in [7, 11) is 0. The highest BCUT2D eigenvalue weighted by atomic mass is 35.5. The molecular formula is C26H18Cl2. The van der Waals surface area contributed by atoms with E-state index in [0.717, 1.165) is 21.2 Å². The average molecular weight is 401 g/mol. The first kappa shape index (κ1) is 18.6. The summed E-state index contributed by atoms with van der Waals surface area (Å²) >= 11 is 11.9. The van der Waals surface area contributed by atoms with Crippen molar-refractivity contribution in [2.45, 2.75) is 0 Å². The number of hydrogen-bond acceptors (Lipinski definition) is 0. The Kier molecular flexibility index (Phi) is 5.62. The Morgan fingerprint density at radius 2 is 0.607 bits per heavy atom. The Hall–Kier alpha value is -2.80. The highest BCUT2D eigenvalue weighted by Gasteiger charge is 1.99. The molecule has 4 aromatic rings. The molecule has 0 saturated carbocycles. The minimum atomic E-state index is 0.755. The Labute approximate surface area is 175 Å². The standard InChI is InChI=1S/C26H18Cl2/c27-25-15-11-23(12-16-25)21-7-3-19(4-8-21)1-2-20-5-9-22(10-6-20)24-13-17-26(28)18-14-24/h1-18H/b2-1+. The molecule has 0 amide bonds. The van der Waals surface area contributed by atoms with E-state index in [4.69, 9.17) is 23.2 Å². The van der Waals surface area contributed by atoms with E-state index in [9.17, 15) is 0 Å². The van der Waals surface area contributed by atoms with E-state index in [1.807, 2.05) is 48.5 Å². The van der Waals surface area contributed by atoms with Crippen molar-refractivity contribution in [1.29, 1.82) is 0 Å². The van der Waals surface area contributed by atoms with E-state index >= 15 is 0 Å². The first-order chi connectivity index (χ1) is 13.7. The maximum atomic E-state index is 5.96. The summed E-state index contributed by atoms with van der Waals surface area (Å²) in [6.07, 6.45) is 4.26. The molecule has 28 heavy (non-hydrogen) atoms. The second kappa shape index (κ2) is 8.48. The van der Waals surface area contributed by atoms with E-state index in [0.29, 0.717) is 0 Å². The molecule has 4 aromatic carbocycles. The molecule has 0 spiro atoms. The lowest BCUT2D eigenvalue weighted by molar-refractivity contribution is 1.59. The molecule has 0 aliphatic rings. The molecule has 0 nitrogen and oxygen atoms in total. The van der Waals surface area contributed by atoms with Gasteiger partial charge in [0.1, 0.15) is 0 Å². The molecule has 0 fully saturated rings. The van der Waals surface area contributed by atoms with Crippen LogP contribution in [0.4, 0.5) is 0 Å². The normalized spacial score (nSPS) is 11.1. The second-order valence-electron chi connectivity index (χ2n) is 6.59. The van der Waals surface area contributed by atoms with Crippen molar-refractivity contribution < 1.29 is 0 Å². The van der Waals surface area contributed by atoms with E-state index in [1.54, 1.807) is 0 Å². The van der Waals surface area contributed by atoms with Crippen LogP contribution >= 0.6 is 23.2 Å². The van der Waals surface area contributed by atoms with Crippen molar-refractivity contribution in [2.75, 3.05) is 0 Å². The van der Waals surface area contributed by atoms with Crippen LogP contribution in [0.25, 0.3) is 34.4 Å². The van der Waals surface area contributed by atoms with Crippen molar-refractivity contribution >= 4 is 35.4 Å². The third-order valence-corrected chi connectivity index (χ3v) is 5.15. The summed E-state index contributed by atoms with van der Waals surface area (Å²) in [4.78, 5) is 0. The predicted molar refractivity (Wildman–Crippen MR) is 123 cm³/mol. The van der Waals surface area contributed by atoms with Gasteiger partial charge >= 0.3 is 0 Å². The molecule has 0 aliphatic carbocycles. The number of halogens is 2. The molecule has 0 saturated heterocycles. The molecule has 0 bridgehead atoms. The molecule has 0 N–H and O–H groups in total. The molecule has 0 heterocycles. The van der Waals surface area contributed by atoms with Gasteiger partial charge in [-0.2, -0.15) is 0 Å². The number of benzene rings is 4. The van der Waals surface area contributed by atoms with Gasteiger partial charge in [-0.15, -0.1) is 0 Å². The van der Waals surface area contributed by atoms with Gasteiger partial charge < -0.3 is 0 Å². The molecule has 0 atom stereocenters. The molecule has 0 unspecified atom stereocenters. The fourth-order valence-electron chi connectivity index (χ4n) is 3.05. The van der Waals surface area contributed by atoms with Crippen LogP contribution in [0.1, 0.15) is 11.1 Å². The summed E-state index contributed by atoms with van der Waals surface area (Å²) in [6.45, 7) is 0. The molecule has 0 radical (unpaired) electrons. The fraction of sp³-hybridized carbons (Fsp3) is 0. The van der Waals surface area contributed by atoms with Crippen LogP contribution in [0, 0.1) is 0 Å². The summed E-state index contributed by atoms with van der Waals surface area (Å²) in [5.41, 5.74) is 7.02. The largest absolute Gasteiger partial charge is 0.0843 e. The zero-order chi connectivity index (χ0) is 19.3. The Balaban J connectivity index is 1.46. The van der Waals surface area contributed by atoms with Crippen molar-refractivity contribution in [3.63, 3.8) is 0 Å². The number of rotatable bonds is 4. The van der Waals surface area contributed by atoms with Crippen molar-refractivity contribution in [3.05, 3.63) is 118 Å². The average Bonchev–Trinajstić information content (AvgIpc) is 2.74. The van der Waals surface area contributed by atoms with Crippen LogP contribution in [0.3, 0.4) is 0 Å². The van der Waals surface area contributed by atoms with Crippen LogP contribution in [0.15, 0.2) is 97.1 Å². The Morgan fingerprint density at radius 3 is 0.893 bits per heavy atom. The lowest BCUT2D eigenvalue weighted by Gasteiger charge is -2.03. The third kappa shape index (κ3) is 4.54. The molecule has 4 rings (SSSR count). The van der Waals surface area contributed by atoms with Crippen molar-refractivity contribution in [2.24, 2.45) is 0 Å². The molecule has 136 valence electrons. The van der Waals surface area contributed by atoms with Crippen LogP contribution in [0.2, 0.25) is 10.0 Å². The van der Waals surface area contributed by atoms with Crippen LogP contribution < -0.4 is 0 Å². The van der Waals surface area contributed by atoms with Crippen LogP contribution in [-0.2, 0) is 0 Å². The lowest BCUT2D eigenvalue weighted by atomic mass is 10.0. The zero-order valence-electron chi connectivity index (χ0n) is 15.1. The van der Waals surface area contributed by atoms with Gasteiger partial charge in [0.25, 0.3) is 0 Å². The fourth-order valence-corrected chi connectivity index (χ4v) is 3.30. The topological polar surface area (TPSA) is 0 Å².